The Morgan fingerprint density at radius 1 is 1.54 bits per heavy atom. The number of amides is 2. The monoisotopic (exact) mass is 198 g/mol. The van der Waals surface area contributed by atoms with Crippen molar-refractivity contribution < 1.29 is 9.59 Å². The number of thiophene rings is 1. The smallest absolute Gasteiger partial charge is 0.236 e. The molecule has 0 radical (unpaired) electrons. The van der Waals surface area contributed by atoms with Crippen LogP contribution in [0.1, 0.15) is 4.88 Å². The van der Waals surface area contributed by atoms with Crippen LogP contribution in [0, 0.1) is 0 Å². The largest absolute Gasteiger partial charge is 0.368 e. The number of nitrogens with two attached hydrogens (primary N) is 1. The van der Waals surface area contributed by atoms with Gasteiger partial charge in [0.15, 0.2) is 0 Å². The molecule has 0 aromatic carbocycles. The van der Waals surface area contributed by atoms with E-state index in [-0.39, 0.29) is 12.5 Å². The van der Waals surface area contributed by atoms with E-state index in [1.165, 1.54) is 11.3 Å². The van der Waals surface area contributed by atoms with Gasteiger partial charge in [-0.3, -0.25) is 9.59 Å². The summed E-state index contributed by atoms with van der Waals surface area (Å²) in [6.45, 7) is -0.0930. The molecule has 13 heavy (non-hydrogen) atoms. The molecule has 1 aromatic rings. The Morgan fingerprint density at radius 3 is 2.85 bits per heavy atom. The highest BCUT2D eigenvalue weighted by Crippen LogP contribution is 2.08. The summed E-state index contributed by atoms with van der Waals surface area (Å²) < 4.78 is 0. The van der Waals surface area contributed by atoms with E-state index in [1.807, 2.05) is 17.5 Å². The summed E-state index contributed by atoms with van der Waals surface area (Å²) in [5, 5.41) is 4.31. The van der Waals surface area contributed by atoms with Gasteiger partial charge in [-0.15, -0.1) is 11.3 Å². The third-order valence-electron chi connectivity index (χ3n) is 1.37. The average molecular weight is 198 g/mol. The number of carbonyl (C=O) groups excluding carboxylic acids is 2. The minimum Gasteiger partial charge on any atom is -0.368 e. The second-order valence-corrected chi connectivity index (χ2v) is 3.53. The fourth-order valence-electron chi connectivity index (χ4n) is 0.820. The van der Waals surface area contributed by atoms with Crippen LogP contribution in [0.4, 0.5) is 0 Å². The highest BCUT2D eigenvalue weighted by molar-refractivity contribution is 7.10. The van der Waals surface area contributed by atoms with Crippen LogP contribution in [-0.4, -0.2) is 18.4 Å². The maximum absolute atomic E-state index is 11.1. The molecule has 1 rings (SSSR count). The van der Waals surface area contributed by atoms with Gasteiger partial charge in [0, 0.05) is 4.88 Å². The Labute approximate surface area is 79.7 Å². The minimum absolute atomic E-state index is 0.0930. The summed E-state index contributed by atoms with van der Waals surface area (Å²) in [5.74, 6) is -0.708. The maximum Gasteiger partial charge on any atom is 0.236 e. The van der Waals surface area contributed by atoms with E-state index in [0.29, 0.717) is 6.42 Å². The summed E-state index contributed by atoms with van der Waals surface area (Å²) in [6, 6.07) is 3.75. The average Bonchev–Trinajstić information content (AvgIpc) is 2.53. The van der Waals surface area contributed by atoms with Gasteiger partial charge in [-0.2, -0.15) is 0 Å². The van der Waals surface area contributed by atoms with Gasteiger partial charge in [0.05, 0.1) is 13.0 Å². The Kier molecular flexibility index (Phi) is 3.45. The topological polar surface area (TPSA) is 72.2 Å². The van der Waals surface area contributed by atoms with Gasteiger partial charge in [-0.25, -0.2) is 0 Å². The standard InChI is InChI=1S/C8H10N2O2S/c9-7(11)5-10-8(12)4-6-2-1-3-13-6/h1-3H,4-5H2,(H2,9,11)(H,10,12). The van der Waals surface area contributed by atoms with Crippen molar-refractivity contribution >= 4 is 23.2 Å². The molecule has 0 aliphatic carbocycles. The van der Waals surface area contributed by atoms with Crippen LogP contribution in [0.15, 0.2) is 17.5 Å². The normalized spacial score (nSPS) is 9.54. The van der Waals surface area contributed by atoms with Crippen LogP contribution in [0.25, 0.3) is 0 Å². The molecule has 0 aliphatic heterocycles. The number of carbonyl (C=O) groups is 2. The number of nitrogens with one attached hydrogen (secondary N) is 1. The van der Waals surface area contributed by atoms with E-state index >= 15 is 0 Å². The van der Waals surface area contributed by atoms with Crippen molar-refractivity contribution in [3.63, 3.8) is 0 Å². The predicted octanol–water partition coefficient (Wildman–Crippen LogP) is -0.108. The van der Waals surface area contributed by atoms with Crippen LogP contribution in [0.5, 0.6) is 0 Å². The van der Waals surface area contributed by atoms with Crippen LogP contribution < -0.4 is 11.1 Å². The van der Waals surface area contributed by atoms with Crippen LogP contribution in [0.3, 0.4) is 0 Å². The number of rotatable bonds is 4. The van der Waals surface area contributed by atoms with Gasteiger partial charge in [-0.05, 0) is 11.4 Å². The number of primary amides is 1. The van der Waals surface area contributed by atoms with E-state index < -0.39 is 5.91 Å². The molecule has 0 fully saturated rings. The van der Waals surface area contributed by atoms with Crippen molar-refractivity contribution in [1.82, 2.24) is 5.32 Å². The molecular formula is C8H10N2O2S. The minimum atomic E-state index is -0.528. The molecule has 4 nitrogen and oxygen atoms in total. The molecule has 0 saturated heterocycles. The maximum atomic E-state index is 11.1. The Bertz CT molecular complexity index is 295. The molecule has 5 heteroatoms. The van der Waals surface area contributed by atoms with Crippen molar-refractivity contribution in [1.29, 1.82) is 0 Å². The second-order valence-electron chi connectivity index (χ2n) is 2.50. The van der Waals surface area contributed by atoms with Crippen molar-refractivity contribution in [3.05, 3.63) is 22.4 Å². The molecule has 0 aliphatic rings. The lowest BCUT2D eigenvalue weighted by atomic mass is 10.3. The molecule has 0 atom stereocenters. The fraction of sp³-hybridized carbons (Fsp3) is 0.250. The Morgan fingerprint density at radius 2 is 2.31 bits per heavy atom. The predicted molar refractivity (Wildman–Crippen MR) is 50.2 cm³/mol. The van der Waals surface area contributed by atoms with E-state index in [2.05, 4.69) is 5.32 Å². The fourth-order valence-corrected chi connectivity index (χ4v) is 1.52. The van der Waals surface area contributed by atoms with Gasteiger partial charge >= 0.3 is 0 Å². The molecule has 3 N–H and O–H groups in total. The zero-order valence-electron chi connectivity index (χ0n) is 6.95. The van der Waals surface area contributed by atoms with Crippen LogP contribution in [-0.2, 0) is 16.0 Å². The van der Waals surface area contributed by atoms with Crippen LogP contribution in [0.2, 0.25) is 0 Å². The lowest BCUT2D eigenvalue weighted by Crippen LogP contribution is -2.34. The highest BCUT2D eigenvalue weighted by Gasteiger charge is 2.04. The zero-order chi connectivity index (χ0) is 9.68. The number of hydrogen-bond donors (Lipinski definition) is 2. The quantitative estimate of drug-likeness (QED) is 0.708. The summed E-state index contributed by atoms with van der Waals surface area (Å²) in [7, 11) is 0. The first-order chi connectivity index (χ1) is 6.18. The third kappa shape index (κ3) is 3.71. The SMILES string of the molecule is NC(=O)CNC(=O)Cc1cccs1. The Hall–Kier alpha value is -1.36. The zero-order valence-corrected chi connectivity index (χ0v) is 7.76. The highest BCUT2D eigenvalue weighted by atomic mass is 32.1. The van der Waals surface area contributed by atoms with Gasteiger partial charge in [0.2, 0.25) is 11.8 Å². The lowest BCUT2D eigenvalue weighted by Gasteiger charge is -1.99. The molecule has 2 amide bonds. The first kappa shape index (κ1) is 9.73. The molecule has 70 valence electrons. The molecule has 1 heterocycles. The van der Waals surface area contributed by atoms with Gasteiger partial charge < -0.3 is 11.1 Å². The van der Waals surface area contributed by atoms with Crippen molar-refractivity contribution in [2.24, 2.45) is 5.73 Å². The molecule has 0 saturated carbocycles. The number of hydrogen-bond acceptors (Lipinski definition) is 3. The van der Waals surface area contributed by atoms with E-state index in [9.17, 15) is 9.59 Å². The second kappa shape index (κ2) is 4.61. The Balaban J connectivity index is 2.30. The molecular weight excluding hydrogens is 188 g/mol. The molecule has 1 aromatic heterocycles. The van der Waals surface area contributed by atoms with Crippen molar-refractivity contribution in [2.75, 3.05) is 6.54 Å². The molecule has 0 bridgehead atoms. The summed E-state index contributed by atoms with van der Waals surface area (Å²) in [6.07, 6.45) is 0.310. The summed E-state index contributed by atoms with van der Waals surface area (Å²) >= 11 is 1.51. The van der Waals surface area contributed by atoms with Gasteiger partial charge in [0.25, 0.3) is 0 Å². The first-order valence-corrected chi connectivity index (χ1v) is 4.64. The van der Waals surface area contributed by atoms with Gasteiger partial charge in [-0.1, -0.05) is 6.07 Å². The van der Waals surface area contributed by atoms with E-state index in [0.717, 1.165) is 4.88 Å². The summed E-state index contributed by atoms with van der Waals surface area (Å²) in [4.78, 5) is 22.4. The first-order valence-electron chi connectivity index (χ1n) is 3.76. The van der Waals surface area contributed by atoms with E-state index in [4.69, 9.17) is 5.73 Å². The van der Waals surface area contributed by atoms with Crippen LogP contribution >= 0.6 is 11.3 Å². The lowest BCUT2D eigenvalue weighted by molar-refractivity contribution is -0.124. The third-order valence-corrected chi connectivity index (χ3v) is 2.25. The molecule has 0 unspecified atom stereocenters. The molecule has 0 spiro atoms. The van der Waals surface area contributed by atoms with Gasteiger partial charge in [0.1, 0.15) is 0 Å². The van der Waals surface area contributed by atoms with E-state index in [1.54, 1.807) is 0 Å². The summed E-state index contributed by atoms with van der Waals surface area (Å²) in [5.41, 5.74) is 4.86. The van der Waals surface area contributed by atoms with Crippen molar-refractivity contribution in [3.8, 4) is 0 Å². The van der Waals surface area contributed by atoms with Crippen molar-refractivity contribution in [2.45, 2.75) is 6.42 Å².